The van der Waals surface area contributed by atoms with E-state index in [1.165, 1.54) is 19.4 Å². The summed E-state index contributed by atoms with van der Waals surface area (Å²) in [7, 11) is 1.53. The summed E-state index contributed by atoms with van der Waals surface area (Å²) in [6.07, 6.45) is 1.83. The number of hydrogen-bond acceptors (Lipinski definition) is 6. The fourth-order valence-corrected chi connectivity index (χ4v) is 2.19. The zero-order chi connectivity index (χ0) is 20.4. The fraction of sp³-hybridized carbons (Fsp3) is 0.263. The minimum absolute atomic E-state index is 0.0620. The molecule has 0 fully saturated rings. The highest BCUT2D eigenvalue weighted by molar-refractivity contribution is 5.96. The number of anilines is 1. The molecule has 1 aromatic heterocycles. The van der Waals surface area contributed by atoms with Gasteiger partial charge in [-0.25, -0.2) is 0 Å². The zero-order valence-corrected chi connectivity index (χ0v) is 15.3. The van der Waals surface area contributed by atoms with Crippen LogP contribution in [0.3, 0.4) is 0 Å². The van der Waals surface area contributed by atoms with Crippen LogP contribution in [0.2, 0.25) is 0 Å². The highest BCUT2D eigenvalue weighted by Crippen LogP contribution is 2.09. The molecule has 0 atom stereocenters. The van der Waals surface area contributed by atoms with E-state index in [4.69, 9.17) is 9.15 Å². The van der Waals surface area contributed by atoms with Gasteiger partial charge in [0.1, 0.15) is 0 Å². The third-order valence-corrected chi connectivity index (χ3v) is 3.61. The van der Waals surface area contributed by atoms with E-state index < -0.39 is 18.5 Å². The summed E-state index contributed by atoms with van der Waals surface area (Å²) in [6, 6.07) is 9.43. The smallest absolute Gasteiger partial charge is 0.306 e. The minimum atomic E-state index is -0.544. The zero-order valence-electron chi connectivity index (χ0n) is 15.3. The standard InChI is InChI=1S/C19H21N3O6/c1-20-18(25)13-6-8-14(9-7-13)22-16(23)12-28-17(24)5-2-10-21-19(26)15-4-3-11-27-15/h3-4,6-9,11H,2,5,10,12H2,1H3,(H,20,25)(H,21,26)(H,22,23). The number of furan rings is 1. The Hall–Kier alpha value is -3.62. The Morgan fingerprint density at radius 1 is 1.04 bits per heavy atom. The van der Waals surface area contributed by atoms with Gasteiger partial charge >= 0.3 is 5.97 Å². The lowest BCUT2D eigenvalue weighted by atomic mass is 10.2. The van der Waals surface area contributed by atoms with E-state index >= 15 is 0 Å². The number of hydrogen-bond donors (Lipinski definition) is 3. The van der Waals surface area contributed by atoms with Crippen LogP contribution in [0, 0.1) is 0 Å². The Morgan fingerprint density at radius 3 is 2.43 bits per heavy atom. The van der Waals surface area contributed by atoms with Crippen molar-refractivity contribution in [1.82, 2.24) is 10.6 Å². The van der Waals surface area contributed by atoms with Crippen LogP contribution in [0.25, 0.3) is 0 Å². The van der Waals surface area contributed by atoms with Gasteiger partial charge in [-0.2, -0.15) is 0 Å². The monoisotopic (exact) mass is 387 g/mol. The van der Waals surface area contributed by atoms with E-state index in [0.29, 0.717) is 17.7 Å². The molecule has 2 aromatic rings. The summed E-state index contributed by atoms with van der Waals surface area (Å²) in [6.45, 7) is -0.146. The number of carbonyl (C=O) groups is 4. The lowest BCUT2D eigenvalue weighted by Crippen LogP contribution is -2.25. The van der Waals surface area contributed by atoms with Crippen molar-refractivity contribution in [2.24, 2.45) is 0 Å². The molecule has 9 nitrogen and oxygen atoms in total. The second kappa shape index (κ2) is 10.5. The van der Waals surface area contributed by atoms with Crippen molar-refractivity contribution < 1.29 is 28.3 Å². The first-order valence-electron chi connectivity index (χ1n) is 8.59. The molecule has 0 saturated carbocycles. The van der Waals surface area contributed by atoms with Gasteiger partial charge in [0, 0.05) is 31.3 Å². The molecular formula is C19H21N3O6. The average molecular weight is 387 g/mol. The molecule has 0 aliphatic carbocycles. The molecule has 28 heavy (non-hydrogen) atoms. The molecule has 3 amide bonds. The number of ether oxygens (including phenoxy) is 1. The first-order chi connectivity index (χ1) is 13.5. The van der Waals surface area contributed by atoms with Crippen molar-refractivity contribution in [3.8, 4) is 0 Å². The van der Waals surface area contributed by atoms with Crippen LogP contribution in [0.15, 0.2) is 47.1 Å². The fourth-order valence-electron chi connectivity index (χ4n) is 2.19. The van der Waals surface area contributed by atoms with Crippen molar-refractivity contribution in [3.63, 3.8) is 0 Å². The van der Waals surface area contributed by atoms with Crippen molar-refractivity contribution in [3.05, 3.63) is 54.0 Å². The second-order valence-corrected chi connectivity index (χ2v) is 5.70. The highest BCUT2D eigenvalue weighted by atomic mass is 16.5. The van der Waals surface area contributed by atoms with Crippen LogP contribution in [-0.4, -0.2) is 43.9 Å². The first kappa shape index (κ1) is 20.7. The molecule has 1 aromatic carbocycles. The van der Waals surface area contributed by atoms with E-state index in [0.717, 1.165) is 0 Å². The molecule has 0 aliphatic heterocycles. The van der Waals surface area contributed by atoms with Crippen LogP contribution in [-0.2, 0) is 14.3 Å². The largest absolute Gasteiger partial charge is 0.459 e. The van der Waals surface area contributed by atoms with Crippen molar-refractivity contribution in [2.45, 2.75) is 12.8 Å². The number of rotatable bonds is 9. The molecule has 0 unspecified atom stereocenters. The molecule has 0 saturated heterocycles. The number of carbonyl (C=O) groups excluding carboxylic acids is 4. The van der Waals surface area contributed by atoms with Crippen LogP contribution in [0.4, 0.5) is 5.69 Å². The maximum atomic E-state index is 11.8. The van der Waals surface area contributed by atoms with Gasteiger partial charge in [-0.1, -0.05) is 0 Å². The Labute approximate surface area is 161 Å². The van der Waals surface area contributed by atoms with Gasteiger partial charge in [0.15, 0.2) is 12.4 Å². The minimum Gasteiger partial charge on any atom is -0.459 e. The normalized spacial score (nSPS) is 10.0. The SMILES string of the molecule is CNC(=O)c1ccc(NC(=O)COC(=O)CCCNC(=O)c2ccco2)cc1. The third kappa shape index (κ3) is 6.60. The molecule has 0 bridgehead atoms. The van der Waals surface area contributed by atoms with Crippen molar-refractivity contribution in [2.75, 3.05) is 25.5 Å². The van der Waals surface area contributed by atoms with E-state index in [1.807, 2.05) is 0 Å². The lowest BCUT2D eigenvalue weighted by molar-refractivity contribution is -0.147. The van der Waals surface area contributed by atoms with Gasteiger partial charge in [-0.15, -0.1) is 0 Å². The van der Waals surface area contributed by atoms with Gasteiger partial charge in [0.05, 0.1) is 6.26 Å². The molecule has 0 spiro atoms. The Bertz CT molecular complexity index is 815. The van der Waals surface area contributed by atoms with Crippen LogP contribution < -0.4 is 16.0 Å². The number of esters is 1. The van der Waals surface area contributed by atoms with Crippen LogP contribution >= 0.6 is 0 Å². The molecule has 1 heterocycles. The molecular weight excluding hydrogens is 366 g/mol. The summed E-state index contributed by atoms with van der Waals surface area (Å²) in [5.41, 5.74) is 0.945. The van der Waals surface area contributed by atoms with Crippen LogP contribution in [0.5, 0.6) is 0 Å². The first-order valence-corrected chi connectivity index (χ1v) is 8.59. The second-order valence-electron chi connectivity index (χ2n) is 5.70. The molecule has 148 valence electrons. The van der Waals surface area contributed by atoms with Crippen molar-refractivity contribution >= 4 is 29.4 Å². The predicted octanol–water partition coefficient (Wildman–Crippen LogP) is 1.33. The van der Waals surface area contributed by atoms with E-state index in [9.17, 15) is 19.2 Å². The third-order valence-electron chi connectivity index (χ3n) is 3.61. The topological polar surface area (TPSA) is 127 Å². The maximum Gasteiger partial charge on any atom is 0.306 e. The molecule has 0 aliphatic rings. The number of benzene rings is 1. The van der Waals surface area contributed by atoms with E-state index in [-0.39, 0.29) is 30.5 Å². The average Bonchev–Trinajstić information content (AvgIpc) is 3.24. The summed E-state index contributed by atoms with van der Waals surface area (Å²) in [5, 5.41) is 7.67. The summed E-state index contributed by atoms with van der Waals surface area (Å²) in [4.78, 5) is 46.5. The van der Waals surface area contributed by atoms with Crippen LogP contribution in [0.1, 0.15) is 33.8 Å². The van der Waals surface area contributed by atoms with Gasteiger partial charge in [-0.05, 0) is 42.8 Å². The molecule has 3 N–H and O–H groups in total. The summed E-state index contributed by atoms with van der Waals surface area (Å²) >= 11 is 0. The molecule has 9 heteroatoms. The van der Waals surface area contributed by atoms with Gasteiger partial charge in [0.25, 0.3) is 17.7 Å². The number of amides is 3. The maximum absolute atomic E-state index is 11.8. The van der Waals surface area contributed by atoms with Crippen molar-refractivity contribution in [1.29, 1.82) is 0 Å². The quantitative estimate of drug-likeness (QED) is 0.440. The van der Waals surface area contributed by atoms with E-state index in [1.54, 1.807) is 30.3 Å². The summed E-state index contributed by atoms with van der Waals surface area (Å²) < 4.78 is 9.83. The number of nitrogens with one attached hydrogen (secondary N) is 3. The summed E-state index contributed by atoms with van der Waals surface area (Å²) in [5.74, 6) is -1.43. The molecule has 0 radical (unpaired) electrons. The Balaban J connectivity index is 1.62. The van der Waals surface area contributed by atoms with E-state index in [2.05, 4.69) is 16.0 Å². The lowest BCUT2D eigenvalue weighted by Gasteiger charge is -2.07. The highest BCUT2D eigenvalue weighted by Gasteiger charge is 2.10. The van der Waals surface area contributed by atoms with Gasteiger partial charge in [0.2, 0.25) is 0 Å². The Morgan fingerprint density at radius 2 is 1.79 bits per heavy atom. The predicted molar refractivity (Wildman–Crippen MR) is 99.7 cm³/mol. The Kier molecular flexibility index (Phi) is 7.77. The van der Waals surface area contributed by atoms with Gasteiger partial charge in [-0.3, -0.25) is 19.2 Å². The van der Waals surface area contributed by atoms with Gasteiger partial charge < -0.3 is 25.1 Å². The molecule has 2 rings (SSSR count).